The van der Waals surface area contributed by atoms with Crippen molar-refractivity contribution in [3.8, 4) is 11.5 Å². The van der Waals surface area contributed by atoms with Gasteiger partial charge in [0.2, 0.25) is 5.56 Å². The number of rotatable bonds is 6. The van der Waals surface area contributed by atoms with Crippen molar-refractivity contribution < 1.29 is 32.9 Å². The average molecular weight is 516 g/mol. The number of aromatic carboxylic acids is 1. The van der Waals surface area contributed by atoms with Crippen molar-refractivity contribution in [2.45, 2.75) is 24.6 Å². The molecule has 0 aliphatic carbocycles. The summed E-state index contributed by atoms with van der Waals surface area (Å²) in [6, 6.07) is 9.62. The molecule has 34 heavy (non-hydrogen) atoms. The van der Waals surface area contributed by atoms with Gasteiger partial charge in [-0.1, -0.05) is 30.1 Å². The Morgan fingerprint density at radius 1 is 1.03 bits per heavy atom. The third-order valence-corrected chi connectivity index (χ3v) is 6.10. The molecule has 0 amide bonds. The highest BCUT2D eigenvalue weighted by atomic mass is 35.5. The molecule has 1 aromatic heterocycles. The molecule has 0 saturated carbocycles. The fraction of sp³-hybridized carbons (Fsp3) is 0.217. The predicted octanol–water partition coefficient (Wildman–Crippen LogP) is 5.74. The Balaban J connectivity index is 2.07. The van der Waals surface area contributed by atoms with Crippen LogP contribution in [0.1, 0.15) is 34.3 Å². The minimum Gasteiger partial charge on any atom is -0.478 e. The highest BCUT2D eigenvalue weighted by Crippen LogP contribution is 2.50. The van der Waals surface area contributed by atoms with Gasteiger partial charge in [0, 0.05) is 35.8 Å². The summed E-state index contributed by atoms with van der Waals surface area (Å²) >= 11 is 12.0. The van der Waals surface area contributed by atoms with Crippen LogP contribution in [0.5, 0.6) is 11.5 Å². The lowest BCUT2D eigenvalue weighted by molar-refractivity contribution is -0.274. The number of halogens is 5. The number of carboxylic acid groups (broad SMARTS) is 1. The second-order valence-corrected chi connectivity index (χ2v) is 8.40. The SMILES string of the molecule is C[C@@H](c1cc(Oc2ccc(Cl)c(C(=O)O)c2)ccc1Cl)[C@](O)(c1ccc(=O)n(C)c1)C(F)(F)F. The quantitative estimate of drug-likeness (QED) is 0.437. The van der Waals surface area contributed by atoms with Crippen molar-refractivity contribution in [1.29, 1.82) is 0 Å². The van der Waals surface area contributed by atoms with Crippen LogP contribution in [0.3, 0.4) is 0 Å². The predicted molar refractivity (Wildman–Crippen MR) is 120 cm³/mol. The van der Waals surface area contributed by atoms with Gasteiger partial charge in [0.1, 0.15) is 11.5 Å². The molecule has 0 aliphatic heterocycles. The number of ether oxygens (including phenoxy) is 1. The molecular formula is C23H18Cl2F3NO5. The van der Waals surface area contributed by atoms with Crippen molar-refractivity contribution in [3.05, 3.63) is 91.8 Å². The van der Waals surface area contributed by atoms with Crippen molar-refractivity contribution in [1.82, 2.24) is 4.57 Å². The van der Waals surface area contributed by atoms with Crippen LogP contribution >= 0.6 is 23.2 Å². The van der Waals surface area contributed by atoms with Gasteiger partial charge in [0.05, 0.1) is 10.6 Å². The number of carbonyl (C=O) groups is 1. The number of benzene rings is 2. The highest BCUT2D eigenvalue weighted by Gasteiger charge is 2.59. The maximum Gasteiger partial charge on any atom is 0.422 e. The second-order valence-electron chi connectivity index (χ2n) is 7.58. The van der Waals surface area contributed by atoms with Crippen LogP contribution < -0.4 is 10.3 Å². The Morgan fingerprint density at radius 3 is 2.18 bits per heavy atom. The summed E-state index contributed by atoms with van der Waals surface area (Å²) in [6.07, 6.45) is -4.21. The maximum atomic E-state index is 14.2. The van der Waals surface area contributed by atoms with E-state index < -0.39 is 34.8 Å². The number of nitrogens with zero attached hydrogens (tertiary/aromatic N) is 1. The van der Waals surface area contributed by atoms with E-state index in [-0.39, 0.29) is 32.7 Å². The number of pyridine rings is 1. The van der Waals surface area contributed by atoms with Crippen LogP contribution in [0.2, 0.25) is 10.0 Å². The van der Waals surface area contributed by atoms with Crippen LogP contribution in [0.25, 0.3) is 0 Å². The first-order valence-electron chi connectivity index (χ1n) is 9.72. The van der Waals surface area contributed by atoms with Crippen molar-refractivity contribution in [2.24, 2.45) is 7.05 Å². The highest BCUT2D eigenvalue weighted by molar-refractivity contribution is 6.33. The molecule has 2 aromatic carbocycles. The third-order valence-electron chi connectivity index (χ3n) is 5.42. The molecule has 0 bridgehead atoms. The van der Waals surface area contributed by atoms with Crippen LogP contribution in [0.15, 0.2) is 59.5 Å². The molecule has 3 rings (SSSR count). The molecule has 3 aromatic rings. The first-order valence-corrected chi connectivity index (χ1v) is 10.5. The number of carboxylic acids is 1. The normalized spacial score (nSPS) is 14.4. The Morgan fingerprint density at radius 2 is 1.62 bits per heavy atom. The molecule has 0 saturated heterocycles. The third kappa shape index (κ3) is 4.77. The lowest BCUT2D eigenvalue weighted by Crippen LogP contribution is -2.47. The number of aromatic nitrogens is 1. The fourth-order valence-electron chi connectivity index (χ4n) is 3.49. The Labute approximate surface area is 201 Å². The second kappa shape index (κ2) is 9.32. The first kappa shape index (κ1) is 25.6. The van der Waals surface area contributed by atoms with Crippen molar-refractivity contribution in [2.75, 3.05) is 0 Å². The number of alkyl halides is 3. The zero-order chi connectivity index (χ0) is 25.4. The van der Waals surface area contributed by atoms with E-state index in [4.69, 9.17) is 27.9 Å². The van der Waals surface area contributed by atoms with E-state index in [1.54, 1.807) is 0 Å². The summed E-state index contributed by atoms with van der Waals surface area (Å²) < 4.78 is 49.2. The molecule has 1 heterocycles. The minimum absolute atomic E-state index is 0.0160. The smallest absolute Gasteiger partial charge is 0.422 e. The van der Waals surface area contributed by atoms with E-state index in [2.05, 4.69) is 0 Å². The van der Waals surface area contributed by atoms with Crippen LogP contribution in [0.4, 0.5) is 13.2 Å². The van der Waals surface area contributed by atoms with Gasteiger partial charge < -0.3 is 19.5 Å². The van der Waals surface area contributed by atoms with E-state index >= 15 is 0 Å². The summed E-state index contributed by atoms with van der Waals surface area (Å²) in [7, 11) is 1.27. The Bertz CT molecular complexity index is 1310. The van der Waals surface area contributed by atoms with Crippen LogP contribution in [-0.4, -0.2) is 26.9 Å². The van der Waals surface area contributed by atoms with Gasteiger partial charge in [0.25, 0.3) is 0 Å². The van der Waals surface area contributed by atoms with E-state index in [1.807, 2.05) is 0 Å². The molecule has 0 aliphatic rings. The maximum absolute atomic E-state index is 14.2. The summed E-state index contributed by atoms with van der Waals surface area (Å²) in [4.78, 5) is 23.0. The first-order chi connectivity index (χ1) is 15.8. The molecule has 2 N–H and O–H groups in total. The summed E-state index contributed by atoms with van der Waals surface area (Å²) in [6.45, 7) is 1.15. The van der Waals surface area contributed by atoms with E-state index in [1.165, 1.54) is 43.4 Å². The summed E-state index contributed by atoms with van der Waals surface area (Å²) in [5.74, 6) is -2.78. The monoisotopic (exact) mass is 515 g/mol. The van der Waals surface area contributed by atoms with Gasteiger partial charge in [-0.25, -0.2) is 4.79 Å². The molecule has 2 atom stereocenters. The van der Waals surface area contributed by atoms with Gasteiger partial charge in [-0.05, 0) is 48.0 Å². The molecular weight excluding hydrogens is 498 g/mol. The van der Waals surface area contributed by atoms with E-state index in [0.717, 1.165) is 29.8 Å². The average Bonchev–Trinajstić information content (AvgIpc) is 2.76. The zero-order valence-electron chi connectivity index (χ0n) is 17.7. The standard InChI is InChI=1S/C23H18Cl2F3NO5/c1-12(22(33,23(26,27)28)13-3-8-20(30)29(2)11-13)16-9-14(4-6-18(16)24)34-15-5-7-19(25)17(10-15)21(31)32/h3-12,33H,1-2H3,(H,31,32)/t12-,22-/m0/s1. The number of aryl methyl sites for hydroxylation is 1. The molecule has 0 fully saturated rings. The molecule has 11 heteroatoms. The van der Waals surface area contributed by atoms with Gasteiger partial charge >= 0.3 is 12.1 Å². The lowest BCUT2D eigenvalue weighted by Gasteiger charge is -2.37. The van der Waals surface area contributed by atoms with Crippen molar-refractivity contribution >= 4 is 29.2 Å². The summed E-state index contributed by atoms with van der Waals surface area (Å²) in [5.41, 5.74) is -4.78. The molecule has 180 valence electrons. The minimum atomic E-state index is -5.13. The lowest BCUT2D eigenvalue weighted by atomic mass is 9.78. The van der Waals surface area contributed by atoms with Crippen molar-refractivity contribution in [3.63, 3.8) is 0 Å². The molecule has 0 radical (unpaired) electrons. The fourth-order valence-corrected chi connectivity index (χ4v) is 3.97. The number of hydrogen-bond donors (Lipinski definition) is 2. The molecule has 6 nitrogen and oxygen atoms in total. The van der Waals surface area contributed by atoms with E-state index in [9.17, 15) is 33.0 Å². The Kier molecular flexibility index (Phi) is 7.02. The van der Waals surface area contributed by atoms with Crippen LogP contribution in [-0.2, 0) is 12.6 Å². The van der Waals surface area contributed by atoms with Gasteiger partial charge in [-0.15, -0.1) is 0 Å². The largest absolute Gasteiger partial charge is 0.478 e. The number of aliphatic hydroxyl groups is 1. The van der Waals surface area contributed by atoms with Gasteiger partial charge in [0.15, 0.2) is 5.60 Å². The van der Waals surface area contributed by atoms with E-state index in [0.29, 0.717) is 0 Å². The zero-order valence-corrected chi connectivity index (χ0v) is 19.2. The summed E-state index contributed by atoms with van der Waals surface area (Å²) in [5, 5.41) is 20.1. The van der Waals surface area contributed by atoms with Crippen LogP contribution in [0, 0.1) is 0 Å². The Hall–Kier alpha value is -3.01. The topological polar surface area (TPSA) is 88.8 Å². The molecule has 0 spiro atoms. The molecule has 0 unspecified atom stereocenters. The van der Waals surface area contributed by atoms with Gasteiger partial charge in [-0.3, -0.25) is 4.79 Å². The number of hydrogen-bond acceptors (Lipinski definition) is 4. The van der Waals surface area contributed by atoms with Gasteiger partial charge in [-0.2, -0.15) is 13.2 Å².